The van der Waals surface area contributed by atoms with Crippen molar-refractivity contribution < 1.29 is 22.7 Å². The number of aromatic nitrogens is 2. The molecule has 0 aliphatic heterocycles. The molecule has 9 heteroatoms. The summed E-state index contributed by atoms with van der Waals surface area (Å²) in [5.74, 6) is -0.600. The van der Waals surface area contributed by atoms with Gasteiger partial charge in [0.05, 0.1) is 7.11 Å². The Balaban J connectivity index is 2.37. The molecule has 2 N–H and O–H groups in total. The molecule has 5 nitrogen and oxygen atoms in total. The second kappa shape index (κ2) is 5.06. The van der Waals surface area contributed by atoms with Crippen LogP contribution in [0, 0.1) is 0 Å². The van der Waals surface area contributed by atoms with Crippen LogP contribution < -0.4 is 5.73 Å². The number of hydrogen-bond acceptors (Lipinski definition) is 5. The maximum absolute atomic E-state index is 12.8. The summed E-state index contributed by atoms with van der Waals surface area (Å²) in [6.07, 6.45) is -4.38. The molecule has 0 radical (unpaired) electrons. The third-order valence-electron chi connectivity index (χ3n) is 2.76. The first-order valence-corrected chi connectivity index (χ1v) is 6.41. The van der Waals surface area contributed by atoms with Gasteiger partial charge in [0, 0.05) is 23.7 Å². The van der Waals surface area contributed by atoms with Crippen LogP contribution in [0.15, 0.2) is 6.07 Å². The summed E-state index contributed by atoms with van der Waals surface area (Å²) in [5.41, 5.74) is 4.67. The van der Waals surface area contributed by atoms with Gasteiger partial charge in [-0.05, 0) is 6.07 Å². The average Bonchev–Trinajstić information content (AvgIpc) is 2.88. The number of carbonyl (C=O) groups is 1. The van der Waals surface area contributed by atoms with Crippen molar-refractivity contribution in [1.29, 1.82) is 0 Å². The quantitative estimate of drug-likeness (QED) is 0.876. The summed E-state index contributed by atoms with van der Waals surface area (Å²) >= 11 is 1.13. The van der Waals surface area contributed by atoms with E-state index in [2.05, 4.69) is 9.84 Å². The van der Waals surface area contributed by atoms with Gasteiger partial charge in [-0.1, -0.05) is 0 Å². The zero-order valence-electron chi connectivity index (χ0n) is 10.7. The number of halogens is 3. The lowest BCUT2D eigenvalue weighted by atomic mass is 10.2. The molecule has 2 aromatic heterocycles. The third kappa shape index (κ3) is 2.63. The highest BCUT2D eigenvalue weighted by Gasteiger charge is 2.37. The number of aryl methyl sites for hydroxylation is 1. The first-order chi connectivity index (χ1) is 9.24. The molecule has 2 rings (SSSR count). The van der Waals surface area contributed by atoms with E-state index in [0.29, 0.717) is 9.71 Å². The fraction of sp³-hybridized carbons (Fsp3) is 0.455. The van der Waals surface area contributed by atoms with Gasteiger partial charge in [0.25, 0.3) is 0 Å². The molecule has 0 bridgehead atoms. The Hall–Kier alpha value is -1.61. The van der Waals surface area contributed by atoms with E-state index in [4.69, 9.17) is 5.73 Å². The predicted octanol–water partition coefficient (Wildman–Crippen LogP) is 1.70. The summed E-state index contributed by atoms with van der Waals surface area (Å²) in [4.78, 5) is 12.2. The summed E-state index contributed by atoms with van der Waals surface area (Å²) in [6.45, 7) is 0. The van der Waals surface area contributed by atoms with Crippen LogP contribution >= 0.6 is 11.3 Å². The van der Waals surface area contributed by atoms with Gasteiger partial charge in [0.1, 0.15) is 10.9 Å². The number of carbonyl (C=O) groups excluding carboxylic acids is 1. The number of ether oxygens (including phenoxy) is 1. The van der Waals surface area contributed by atoms with E-state index in [0.717, 1.165) is 11.3 Å². The number of esters is 1. The van der Waals surface area contributed by atoms with Gasteiger partial charge in [-0.25, -0.2) is 0 Å². The van der Waals surface area contributed by atoms with Crippen molar-refractivity contribution in [3.8, 4) is 0 Å². The molecule has 0 fully saturated rings. The van der Waals surface area contributed by atoms with Crippen LogP contribution in [0.25, 0.3) is 10.2 Å². The molecule has 0 saturated heterocycles. The predicted molar refractivity (Wildman–Crippen MR) is 67.3 cm³/mol. The van der Waals surface area contributed by atoms with Crippen LogP contribution in [0.5, 0.6) is 0 Å². The zero-order chi connectivity index (χ0) is 15.1. The van der Waals surface area contributed by atoms with Crippen molar-refractivity contribution in [2.45, 2.75) is 18.6 Å². The maximum atomic E-state index is 12.8. The number of alkyl halides is 3. The molecule has 0 amide bonds. The van der Waals surface area contributed by atoms with E-state index in [1.807, 2.05) is 0 Å². The lowest BCUT2D eigenvalue weighted by molar-refractivity contribution is -0.142. The first kappa shape index (κ1) is 14.8. The number of thiophene rings is 1. The van der Waals surface area contributed by atoms with Gasteiger partial charge in [-0.3, -0.25) is 9.48 Å². The molecule has 2 aromatic rings. The van der Waals surface area contributed by atoms with Gasteiger partial charge >= 0.3 is 12.1 Å². The molecule has 1 unspecified atom stereocenters. The first-order valence-electron chi connectivity index (χ1n) is 5.60. The van der Waals surface area contributed by atoms with Crippen molar-refractivity contribution >= 4 is 27.5 Å². The van der Waals surface area contributed by atoms with E-state index < -0.39 is 23.9 Å². The van der Waals surface area contributed by atoms with Crippen molar-refractivity contribution in [1.82, 2.24) is 9.78 Å². The molecule has 0 aromatic carbocycles. The number of rotatable bonds is 3. The van der Waals surface area contributed by atoms with Gasteiger partial charge in [0.2, 0.25) is 0 Å². The molecule has 110 valence electrons. The van der Waals surface area contributed by atoms with Crippen LogP contribution in [0.1, 0.15) is 10.6 Å². The summed E-state index contributed by atoms with van der Waals surface area (Å²) in [7, 11) is 2.65. The standard InChI is InChI=1S/C11H12F3N3O2S/c1-17-9-6(8(16-17)11(12,13)14)3-5(20-9)4-7(15)10(18)19-2/h3,7H,4,15H2,1-2H3. The lowest BCUT2D eigenvalue weighted by Crippen LogP contribution is -2.33. The number of nitrogens with two attached hydrogens (primary N) is 1. The minimum atomic E-state index is -4.51. The Morgan fingerprint density at radius 2 is 2.25 bits per heavy atom. The molecular formula is C11H12F3N3O2S. The molecule has 2 heterocycles. The summed E-state index contributed by atoms with van der Waals surface area (Å²) in [5, 5.41) is 3.50. The fourth-order valence-electron chi connectivity index (χ4n) is 1.85. The Bertz CT molecular complexity index is 647. The highest BCUT2D eigenvalue weighted by atomic mass is 32.1. The van der Waals surface area contributed by atoms with Crippen LogP contribution in [-0.2, 0) is 29.2 Å². The highest BCUT2D eigenvalue weighted by Crippen LogP contribution is 2.37. The van der Waals surface area contributed by atoms with Crippen molar-refractivity contribution in [3.63, 3.8) is 0 Å². The second-order valence-corrected chi connectivity index (χ2v) is 5.35. The SMILES string of the molecule is COC(=O)C(N)Cc1cc2c(C(F)(F)F)nn(C)c2s1. The smallest absolute Gasteiger partial charge is 0.435 e. The Morgan fingerprint density at radius 3 is 2.80 bits per heavy atom. The largest absolute Gasteiger partial charge is 0.468 e. The molecule has 0 saturated carbocycles. The van der Waals surface area contributed by atoms with E-state index in [-0.39, 0.29) is 11.8 Å². The van der Waals surface area contributed by atoms with E-state index >= 15 is 0 Å². The van der Waals surface area contributed by atoms with Gasteiger partial charge in [-0.2, -0.15) is 18.3 Å². The Kier molecular flexibility index (Phi) is 3.74. The summed E-state index contributed by atoms with van der Waals surface area (Å²) in [6, 6.07) is 0.480. The van der Waals surface area contributed by atoms with Crippen LogP contribution in [0.2, 0.25) is 0 Å². The fourth-order valence-corrected chi connectivity index (χ4v) is 2.98. The number of hydrogen-bond donors (Lipinski definition) is 1. The van der Waals surface area contributed by atoms with Crippen LogP contribution in [-0.4, -0.2) is 28.9 Å². The molecule has 20 heavy (non-hydrogen) atoms. The summed E-state index contributed by atoms with van der Waals surface area (Å²) < 4.78 is 44.1. The van der Waals surface area contributed by atoms with Crippen LogP contribution in [0.4, 0.5) is 13.2 Å². The Labute approximate surface area is 116 Å². The molecule has 0 spiro atoms. The molecule has 1 atom stereocenters. The van der Waals surface area contributed by atoms with Crippen molar-refractivity contribution in [2.75, 3.05) is 7.11 Å². The lowest BCUT2D eigenvalue weighted by Gasteiger charge is -2.06. The second-order valence-electron chi connectivity index (χ2n) is 4.24. The van der Waals surface area contributed by atoms with Gasteiger partial charge < -0.3 is 10.5 Å². The van der Waals surface area contributed by atoms with Crippen LogP contribution in [0.3, 0.4) is 0 Å². The minimum Gasteiger partial charge on any atom is -0.468 e. The van der Waals surface area contributed by atoms with Crippen molar-refractivity contribution in [2.24, 2.45) is 12.8 Å². The van der Waals surface area contributed by atoms with Gasteiger partial charge in [0.15, 0.2) is 5.69 Å². The molecular weight excluding hydrogens is 295 g/mol. The third-order valence-corrected chi connectivity index (χ3v) is 3.98. The minimum absolute atomic E-state index is 0.0251. The molecule has 0 aliphatic carbocycles. The normalized spacial score (nSPS) is 13.7. The van der Waals surface area contributed by atoms with E-state index in [1.165, 1.54) is 24.9 Å². The number of nitrogens with zero attached hydrogens (tertiary/aromatic N) is 2. The van der Waals surface area contributed by atoms with E-state index in [9.17, 15) is 18.0 Å². The maximum Gasteiger partial charge on any atom is 0.435 e. The topological polar surface area (TPSA) is 70.1 Å². The van der Waals surface area contributed by atoms with E-state index in [1.54, 1.807) is 0 Å². The molecule has 0 aliphatic rings. The van der Waals surface area contributed by atoms with Crippen molar-refractivity contribution in [3.05, 3.63) is 16.6 Å². The monoisotopic (exact) mass is 307 g/mol. The average molecular weight is 307 g/mol. The Morgan fingerprint density at radius 1 is 1.60 bits per heavy atom. The van der Waals surface area contributed by atoms with Gasteiger partial charge in [-0.15, -0.1) is 11.3 Å². The number of fused-ring (bicyclic) bond motifs is 1. The zero-order valence-corrected chi connectivity index (χ0v) is 11.5. The highest BCUT2D eigenvalue weighted by molar-refractivity contribution is 7.18. The number of methoxy groups -OCH3 is 1.